The van der Waals surface area contributed by atoms with Crippen molar-refractivity contribution in [1.29, 1.82) is 0 Å². The van der Waals surface area contributed by atoms with Gasteiger partial charge in [0.15, 0.2) is 0 Å². The van der Waals surface area contributed by atoms with Gasteiger partial charge in [-0.25, -0.2) is 0 Å². The Kier molecular flexibility index (Phi) is 7.86. The normalized spacial score (nSPS) is 15.1. The number of rotatable bonds is 7. The van der Waals surface area contributed by atoms with Gasteiger partial charge in [-0.2, -0.15) is 0 Å². The van der Waals surface area contributed by atoms with Crippen LogP contribution in [0.15, 0.2) is 84.4 Å². The van der Waals surface area contributed by atoms with E-state index in [-0.39, 0.29) is 17.7 Å². The lowest BCUT2D eigenvalue weighted by molar-refractivity contribution is -0.124. The van der Waals surface area contributed by atoms with Crippen LogP contribution in [0.5, 0.6) is 0 Å². The fraction of sp³-hybridized carbons (Fsp3) is 0.290. The smallest absolute Gasteiger partial charge is 0.253 e. The Hall–Kier alpha value is -3.88. The van der Waals surface area contributed by atoms with Gasteiger partial charge in [-0.1, -0.05) is 91.9 Å². The molecule has 7 nitrogen and oxygen atoms in total. The number of amides is 2. The van der Waals surface area contributed by atoms with Gasteiger partial charge < -0.3 is 15.1 Å². The van der Waals surface area contributed by atoms with E-state index in [1.165, 1.54) is 11.3 Å². The first-order valence-corrected chi connectivity index (χ1v) is 14.0. The molecule has 0 bridgehead atoms. The number of piperazine rings is 1. The van der Waals surface area contributed by atoms with Crippen molar-refractivity contribution in [2.75, 3.05) is 38.5 Å². The molecule has 1 aliphatic heterocycles. The summed E-state index contributed by atoms with van der Waals surface area (Å²) < 4.78 is 0. The van der Waals surface area contributed by atoms with E-state index < -0.39 is 5.41 Å². The lowest BCUT2D eigenvalue weighted by Gasteiger charge is -2.34. The second-order valence-corrected chi connectivity index (χ2v) is 11.4. The maximum atomic E-state index is 13.4. The Labute approximate surface area is 233 Å². The Balaban J connectivity index is 1.37. The van der Waals surface area contributed by atoms with Crippen molar-refractivity contribution >= 4 is 28.3 Å². The molecule has 4 aromatic rings. The molecule has 8 heteroatoms. The van der Waals surface area contributed by atoms with Crippen LogP contribution in [0.3, 0.4) is 0 Å². The Bertz CT molecular complexity index is 1400. The molecule has 39 heavy (non-hydrogen) atoms. The van der Waals surface area contributed by atoms with Crippen LogP contribution in [0.2, 0.25) is 0 Å². The molecule has 1 fully saturated rings. The molecule has 0 aliphatic carbocycles. The number of hydrogen-bond acceptors (Lipinski definition) is 6. The number of aromatic nitrogens is 2. The number of likely N-dealkylation sites (N-methyl/N-ethyl adjacent to an activating group) is 1. The molecule has 5 rings (SSSR count). The first kappa shape index (κ1) is 26.7. The fourth-order valence-corrected chi connectivity index (χ4v) is 5.59. The summed E-state index contributed by atoms with van der Waals surface area (Å²) in [4.78, 5) is 30.5. The molecular formula is C31H33N5O2S. The maximum Gasteiger partial charge on any atom is 0.253 e. The number of nitrogens with zero attached hydrogens (tertiary/aromatic N) is 4. The summed E-state index contributed by atoms with van der Waals surface area (Å²) in [5.41, 5.74) is 5.76. The van der Waals surface area contributed by atoms with Crippen LogP contribution in [0.4, 0.5) is 5.13 Å². The molecule has 2 amide bonds. The SMILES string of the molecule is CN1CCN(C(=O)c2ccc(-c3ccc(C(c4ccccc4)C(C)(C)C(=O)Nc4nncs4)cc3)cc2)CC1. The van der Waals surface area contributed by atoms with Gasteiger partial charge in [0.2, 0.25) is 11.0 Å². The van der Waals surface area contributed by atoms with Crippen molar-refractivity contribution in [3.63, 3.8) is 0 Å². The third kappa shape index (κ3) is 5.92. The summed E-state index contributed by atoms with van der Waals surface area (Å²) in [6.07, 6.45) is 0. The van der Waals surface area contributed by atoms with Crippen LogP contribution in [0.1, 0.15) is 41.3 Å². The molecule has 1 aliphatic rings. The molecule has 1 saturated heterocycles. The zero-order valence-electron chi connectivity index (χ0n) is 22.5. The Morgan fingerprint density at radius 2 is 1.44 bits per heavy atom. The molecule has 200 valence electrons. The molecule has 1 unspecified atom stereocenters. The molecule has 1 atom stereocenters. The van der Waals surface area contributed by atoms with E-state index in [1.54, 1.807) is 5.51 Å². The predicted octanol–water partition coefficient (Wildman–Crippen LogP) is 5.39. The van der Waals surface area contributed by atoms with Gasteiger partial charge in [-0.3, -0.25) is 9.59 Å². The van der Waals surface area contributed by atoms with Gasteiger partial charge >= 0.3 is 0 Å². The van der Waals surface area contributed by atoms with E-state index in [0.717, 1.165) is 48.4 Å². The van der Waals surface area contributed by atoms with E-state index in [9.17, 15) is 9.59 Å². The quantitative estimate of drug-likeness (QED) is 0.341. The van der Waals surface area contributed by atoms with Crippen molar-refractivity contribution in [2.24, 2.45) is 5.41 Å². The molecule has 2 heterocycles. The molecule has 0 radical (unpaired) electrons. The second-order valence-electron chi connectivity index (χ2n) is 10.6. The van der Waals surface area contributed by atoms with Crippen LogP contribution in [-0.4, -0.2) is 65.0 Å². The van der Waals surface area contributed by atoms with Gasteiger partial charge in [-0.15, -0.1) is 10.2 Å². The standard InChI is InChI=1S/C31H33N5O2S/c1-31(2,29(38)33-30-34-32-21-39-30)27(24-7-5-4-6-8-24)25-13-9-22(10-14-25)23-11-15-26(16-12-23)28(37)36-19-17-35(3)18-20-36/h4-16,21,27H,17-20H2,1-3H3,(H,33,34,38). The lowest BCUT2D eigenvalue weighted by Crippen LogP contribution is -2.47. The van der Waals surface area contributed by atoms with E-state index in [0.29, 0.717) is 10.7 Å². The Morgan fingerprint density at radius 3 is 2.03 bits per heavy atom. The van der Waals surface area contributed by atoms with E-state index in [1.807, 2.05) is 61.2 Å². The van der Waals surface area contributed by atoms with Gasteiger partial charge in [0.05, 0.1) is 5.41 Å². The highest BCUT2D eigenvalue weighted by atomic mass is 32.1. The summed E-state index contributed by atoms with van der Waals surface area (Å²) in [6.45, 7) is 7.25. The van der Waals surface area contributed by atoms with Gasteiger partial charge in [0, 0.05) is 37.7 Å². The summed E-state index contributed by atoms with van der Waals surface area (Å²) in [5, 5.41) is 11.2. The van der Waals surface area contributed by atoms with Crippen LogP contribution in [0.25, 0.3) is 11.1 Å². The van der Waals surface area contributed by atoms with E-state index >= 15 is 0 Å². The maximum absolute atomic E-state index is 13.4. The van der Waals surface area contributed by atoms with E-state index in [2.05, 4.69) is 63.9 Å². The zero-order valence-corrected chi connectivity index (χ0v) is 23.3. The van der Waals surface area contributed by atoms with Crippen molar-refractivity contribution in [3.05, 3.63) is 101 Å². The number of anilines is 1. The minimum Gasteiger partial charge on any atom is -0.336 e. The summed E-state index contributed by atoms with van der Waals surface area (Å²) in [6, 6.07) is 26.3. The average molecular weight is 540 g/mol. The first-order valence-electron chi connectivity index (χ1n) is 13.1. The highest BCUT2D eigenvalue weighted by Gasteiger charge is 2.39. The predicted molar refractivity (Wildman–Crippen MR) is 156 cm³/mol. The van der Waals surface area contributed by atoms with Gasteiger partial charge in [0.25, 0.3) is 5.91 Å². The van der Waals surface area contributed by atoms with Crippen LogP contribution in [0, 0.1) is 5.41 Å². The van der Waals surface area contributed by atoms with Crippen molar-refractivity contribution in [1.82, 2.24) is 20.0 Å². The topological polar surface area (TPSA) is 78.4 Å². The van der Waals surface area contributed by atoms with Crippen LogP contribution < -0.4 is 5.32 Å². The molecule has 1 aromatic heterocycles. The number of carbonyl (C=O) groups excluding carboxylic acids is 2. The van der Waals surface area contributed by atoms with Crippen molar-refractivity contribution < 1.29 is 9.59 Å². The second kappa shape index (κ2) is 11.5. The van der Waals surface area contributed by atoms with Crippen LogP contribution >= 0.6 is 11.3 Å². The summed E-state index contributed by atoms with van der Waals surface area (Å²) in [5.74, 6) is -0.202. The first-order chi connectivity index (χ1) is 18.8. The minimum atomic E-state index is -0.764. The van der Waals surface area contributed by atoms with Crippen molar-refractivity contribution in [3.8, 4) is 11.1 Å². The molecule has 3 aromatic carbocycles. The third-order valence-corrected chi connectivity index (χ3v) is 8.13. The average Bonchev–Trinajstić information content (AvgIpc) is 3.47. The highest BCUT2D eigenvalue weighted by molar-refractivity contribution is 7.13. The Morgan fingerprint density at radius 1 is 0.846 bits per heavy atom. The number of carbonyl (C=O) groups is 2. The monoisotopic (exact) mass is 539 g/mol. The minimum absolute atomic E-state index is 0.0877. The number of hydrogen-bond donors (Lipinski definition) is 1. The molecular weight excluding hydrogens is 506 g/mol. The molecule has 0 saturated carbocycles. The zero-order chi connectivity index (χ0) is 27.4. The summed E-state index contributed by atoms with van der Waals surface area (Å²) in [7, 11) is 2.08. The third-order valence-electron chi connectivity index (χ3n) is 7.52. The largest absolute Gasteiger partial charge is 0.336 e. The lowest BCUT2D eigenvalue weighted by atomic mass is 9.70. The number of benzene rings is 3. The fourth-order valence-electron chi connectivity index (χ4n) is 5.15. The molecule has 1 N–H and O–H groups in total. The highest BCUT2D eigenvalue weighted by Crippen LogP contribution is 2.42. The van der Waals surface area contributed by atoms with E-state index in [4.69, 9.17) is 0 Å². The van der Waals surface area contributed by atoms with Crippen LogP contribution in [-0.2, 0) is 4.79 Å². The van der Waals surface area contributed by atoms with Gasteiger partial charge in [0.1, 0.15) is 5.51 Å². The van der Waals surface area contributed by atoms with Gasteiger partial charge in [-0.05, 0) is 41.4 Å². The summed E-state index contributed by atoms with van der Waals surface area (Å²) >= 11 is 1.30. The van der Waals surface area contributed by atoms with Crippen molar-refractivity contribution in [2.45, 2.75) is 19.8 Å². The molecule has 0 spiro atoms. The number of nitrogens with one attached hydrogen (secondary N) is 1.